The van der Waals surface area contributed by atoms with Crippen LogP contribution in [0.5, 0.6) is 0 Å². The summed E-state index contributed by atoms with van der Waals surface area (Å²) in [7, 11) is -3.63. The van der Waals surface area contributed by atoms with Crippen molar-refractivity contribution in [2.24, 2.45) is 0 Å². The van der Waals surface area contributed by atoms with E-state index in [0.29, 0.717) is 25.9 Å². The lowest BCUT2D eigenvalue weighted by atomic mass is 9.87. The third kappa shape index (κ3) is 5.03. The van der Waals surface area contributed by atoms with Crippen molar-refractivity contribution in [2.75, 3.05) is 13.1 Å². The summed E-state index contributed by atoms with van der Waals surface area (Å²) in [6, 6.07) is 12.6. The normalized spacial score (nSPS) is 16.1. The van der Waals surface area contributed by atoms with Gasteiger partial charge in [0.2, 0.25) is 10.0 Å². The van der Waals surface area contributed by atoms with Crippen LogP contribution in [0.25, 0.3) is 0 Å². The highest BCUT2D eigenvalue weighted by atomic mass is 32.2. The maximum absolute atomic E-state index is 13.8. The van der Waals surface area contributed by atoms with Gasteiger partial charge in [0, 0.05) is 19.1 Å². The number of rotatable bonds is 4. The van der Waals surface area contributed by atoms with Crippen molar-refractivity contribution in [3.05, 3.63) is 65.5 Å². The fourth-order valence-electron chi connectivity index (χ4n) is 3.43. The Hall–Kier alpha value is -2.25. The van der Waals surface area contributed by atoms with Gasteiger partial charge in [-0.15, -0.1) is 0 Å². The molecule has 0 atom stereocenters. The number of carbonyl (C=O) groups excluding carboxylic acids is 1. The molecule has 5 nitrogen and oxygen atoms in total. The number of likely N-dealkylation sites (tertiary alicyclic amines) is 1. The zero-order valence-corrected chi connectivity index (χ0v) is 17.8. The molecular weight excluding hydrogens is 391 g/mol. The molecule has 0 aliphatic carbocycles. The second-order valence-corrected chi connectivity index (χ2v) is 10.2. The number of piperidine rings is 1. The molecule has 1 amide bonds. The number of carbonyl (C=O) groups is 1. The van der Waals surface area contributed by atoms with Crippen LogP contribution in [0.15, 0.2) is 53.4 Å². The number of nitrogens with one attached hydrogen (secondary N) is 1. The number of hydrogen-bond acceptors (Lipinski definition) is 3. The highest BCUT2D eigenvalue weighted by Gasteiger charge is 2.28. The predicted molar refractivity (Wildman–Crippen MR) is 111 cm³/mol. The van der Waals surface area contributed by atoms with Crippen LogP contribution in [0.4, 0.5) is 4.39 Å². The van der Waals surface area contributed by atoms with E-state index in [2.05, 4.69) is 25.5 Å². The summed E-state index contributed by atoms with van der Waals surface area (Å²) >= 11 is 0. The minimum absolute atomic E-state index is 0.0467. The molecule has 1 aliphatic rings. The van der Waals surface area contributed by atoms with Gasteiger partial charge in [0.25, 0.3) is 5.91 Å². The lowest BCUT2D eigenvalue weighted by Gasteiger charge is -2.32. The van der Waals surface area contributed by atoms with E-state index in [1.807, 2.05) is 12.1 Å². The molecule has 2 aromatic carbocycles. The smallest absolute Gasteiger partial charge is 0.256 e. The highest BCUT2D eigenvalue weighted by molar-refractivity contribution is 7.89. The van der Waals surface area contributed by atoms with Crippen LogP contribution in [0.2, 0.25) is 0 Å². The quantitative estimate of drug-likeness (QED) is 0.823. The fraction of sp³-hybridized carbons (Fsp3) is 0.409. The molecule has 156 valence electrons. The fourth-order valence-corrected chi connectivity index (χ4v) is 4.73. The molecule has 1 saturated heterocycles. The van der Waals surface area contributed by atoms with E-state index in [-0.39, 0.29) is 27.8 Å². The van der Waals surface area contributed by atoms with Crippen LogP contribution in [0, 0.1) is 5.82 Å². The van der Waals surface area contributed by atoms with E-state index in [0.717, 1.165) is 5.56 Å². The monoisotopic (exact) mass is 418 g/mol. The Morgan fingerprint density at radius 2 is 1.62 bits per heavy atom. The Morgan fingerprint density at radius 3 is 2.17 bits per heavy atom. The summed E-state index contributed by atoms with van der Waals surface area (Å²) in [5.74, 6) is -0.902. The van der Waals surface area contributed by atoms with Gasteiger partial charge in [-0.1, -0.05) is 45.0 Å². The molecule has 1 fully saturated rings. The van der Waals surface area contributed by atoms with Gasteiger partial charge in [-0.25, -0.2) is 17.5 Å². The van der Waals surface area contributed by atoms with Gasteiger partial charge in [-0.05, 0) is 48.1 Å². The van der Waals surface area contributed by atoms with Crippen molar-refractivity contribution >= 4 is 15.9 Å². The lowest BCUT2D eigenvalue weighted by Crippen LogP contribution is -2.46. The second kappa shape index (κ2) is 8.24. The predicted octanol–water partition coefficient (Wildman–Crippen LogP) is 3.71. The Balaban J connectivity index is 1.61. The molecular formula is C22H27FN2O3S. The number of benzene rings is 2. The van der Waals surface area contributed by atoms with E-state index in [1.54, 1.807) is 29.2 Å². The molecule has 1 aliphatic heterocycles. The Bertz CT molecular complexity index is 974. The summed E-state index contributed by atoms with van der Waals surface area (Å²) < 4.78 is 42.0. The summed E-state index contributed by atoms with van der Waals surface area (Å²) in [5.41, 5.74) is 1.06. The molecule has 0 spiro atoms. The van der Waals surface area contributed by atoms with Gasteiger partial charge in [-0.2, -0.15) is 0 Å². The number of sulfonamides is 1. The third-order valence-electron chi connectivity index (χ3n) is 5.24. The third-order valence-corrected chi connectivity index (χ3v) is 6.78. The molecule has 0 unspecified atom stereocenters. The molecule has 3 rings (SSSR count). The first kappa shape index (κ1) is 21.5. The standard InChI is InChI=1S/C22H27FN2O3S/c1-22(2,3)16-8-10-18(11-9-16)29(27,28)24-17-12-14-25(15-13-17)21(26)19-6-4-5-7-20(19)23/h4-11,17,24H,12-15H2,1-3H3. The summed E-state index contributed by atoms with van der Waals surface area (Å²) in [4.78, 5) is 14.3. The number of hydrogen-bond donors (Lipinski definition) is 1. The van der Waals surface area contributed by atoms with Crippen LogP contribution >= 0.6 is 0 Å². The Labute approximate surface area is 172 Å². The molecule has 0 bridgehead atoms. The summed E-state index contributed by atoms with van der Waals surface area (Å²) in [6.45, 7) is 6.98. The van der Waals surface area contributed by atoms with Crippen molar-refractivity contribution in [2.45, 2.75) is 50.0 Å². The molecule has 29 heavy (non-hydrogen) atoms. The van der Waals surface area contributed by atoms with Crippen LogP contribution in [-0.2, 0) is 15.4 Å². The van der Waals surface area contributed by atoms with Gasteiger partial charge in [0.05, 0.1) is 10.5 Å². The van der Waals surface area contributed by atoms with Crippen molar-refractivity contribution in [3.63, 3.8) is 0 Å². The highest BCUT2D eigenvalue weighted by Crippen LogP contribution is 2.24. The molecule has 1 N–H and O–H groups in total. The summed E-state index contributed by atoms with van der Waals surface area (Å²) in [6.07, 6.45) is 0.971. The number of amides is 1. The van der Waals surface area contributed by atoms with Crippen molar-refractivity contribution in [3.8, 4) is 0 Å². The van der Waals surface area contributed by atoms with Gasteiger partial charge in [0.1, 0.15) is 5.82 Å². The Kier molecular flexibility index (Phi) is 6.10. The first-order valence-corrected chi connectivity index (χ1v) is 11.2. The van der Waals surface area contributed by atoms with E-state index < -0.39 is 15.8 Å². The number of halogens is 1. The van der Waals surface area contributed by atoms with Gasteiger partial charge >= 0.3 is 0 Å². The lowest BCUT2D eigenvalue weighted by molar-refractivity contribution is 0.0706. The van der Waals surface area contributed by atoms with E-state index >= 15 is 0 Å². The van der Waals surface area contributed by atoms with Crippen molar-refractivity contribution in [1.29, 1.82) is 0 Å². The first-order chi connectivity index (χ1) is 13.6. The zero-order valence-electron chi connectivity index (χ0n) is 17.0. The SMILES string of the molecule is CC(C)(C)c1ccc(S(=O)(=O)NC2CCN(C(=O)c3ccccc3F)CC2)cc1. The maximum Gasteiger partial charge on any atom is 0.256 e. The molecule has 2 aromatic rings. The molecule has 0 saturated carbocycles. The minimum atomic E-state index is -3.63. The first-order valence-electron chi connectivity index (χ1n) is 9.74. The van der Waals surface area contributed by atoms with Gasteiger partial charge in [-0.3, -0.25) is 4.79 Å². The van der Waals surface area contributed by atoms with Gasteiger partial charge < -0.3 is 4.90 Å². The van der Waals surface area contributed by atoms with Crippen LogP contribution in [0.1, 0.15) is 49.5 Å². The molecule has 7 heteroatoms. The van der Waals surface area contributed by atoms with Crippen LogP contribution < -0.4 is 4.72 Å². The maximum atomic E-state index is 13.8. The minimum Gasteiger partial charge on any atom is -0.338 e. The topological polar surface area (TPSA) is 66.5 Å². The Morgan fingerprint density at radius 1 is 1.03 bits per heavy atom. The summed E-state index contributed by atoms with van der Waals surface area (Å²) in [5, 5.41) is 0. The van der Waals surface area contributed by atoms with Crippen molar-refractivity contribution in [1.82, 2.24) is 9.62 Å². The second-order valence-electron chi connectivity index (χ2n) is 8.44. The average molecular weight is 419 g/mol. The van der Waals surface area contributed by atoms with Gasteiger partial charge in [0.15, 0.2) is 0 Å². The van der Waals surface area contributed by atoms with E-state index in [9.17, 15) is 17.6 Å². The number of nitrogens with zero attached hydrogens (tertiary/aromatic N) is 1. The molecule has 1 heterocycles. The van der Waals surface area contributed by atoms with Crippen LogP contribution in [0.3, 0.4) is 0 Å². The largest absolute Gasteiger partial charge is 0.338 e. The van der Waals surface area contributed by atoms with Crippen molar-refractivity contribution < 1.29 is 17.6 Å². The molecule has 0 radical (unpaired) electrons. The zero-order chi connectivity index (χ0) is 21.2. The van der Waals surface area contributed by atoms with Crippen LogP contribution in [-0.4, -0.2) is 38.4 Å². The van der Waals surface area contributed by atoms with E-state index in [4.69, 9.17) is 0 Å². The van der Waals surface area contributed by atoms with E-state index in [1.165, 1.54) is 12.1 Å². The molecule has 0 aromatic heterocycles. The average Bonchev–Trinajstić information content (AvgIpc) is 2.67.